The Hall–Kier alpha value is -4.41. The standard InChI is InChI=1S/C26H27N7O4/c1-3-27-25(34)33-13-20-19(10-15(33)2)24(29-14-28-20)36-18-6-7-21-17(11-18)8-9-32(21)26(35)30-23-12-22(37-31-23)16-4-5-16/h6-9,11-12,14-16H,3-5,10,13H2,1-2H3,(H,27,34)(H,30,31,35)/t15-/m0/s1. The highest BCUT2D eigenvalue weighted by atomic mass is 16.5. The average Bonchev–Trinajstić information content (AvgIpc) is 3.49. The van der Waals surface area contributed by atoms with Crippen molar-refractivity contribution in [2.75, 3.05) is 11.9 Å². The molecule has 0 spiro atoms. The lowest BCUT2D eigenvalue weighted by Gasteiger charge is -2.34. The summed E-state index contributed by atoms with van der Waals surface area (Å²) in [5.74, 6) is 2.71. The van der Waals surface area contributed by atoms with E-state index >= 15 is 0 Å². The molecule has 190 valence electrons. The molecule has 11 nitrogen and oxygen atoms in total. The van der Waals surface area contributed by atoms with E-state index in [0.29, 0.717) is 42.9 Å². The van der Waals surface area contributed by atoms with Crippen LogP contribution in [0.25, 0.3) is 10.9 Å². The first-order chi connectivity index (χ1) is 18.0. The third-order valence-electron chi connectivity index (χ3n) is 6.77. The smallest absolute Gasteiger partial charge is 0.331 e. The van der Waals surface area contributed by atoms with E-state index in [2.05, 4.69) is 25.8 Å². The van der Waals surface area contributed by atoms with Crippen molar-refractivity contribution in [2.24, 2.45) is 0 Å². The van der Waals surface area contributed by atoms with Crippen molar-refractivity contribution in [2.45, 2.75) is 51.6 Å². The van der Waals surface area contributed by atoms with Crippen LogP contribution in [0.5, 0.6) is 11.6 Å². The molecule has 0 saturated heterocycles. The Balaban J connectivity index is 1.19. The van der Waals surface area contributed by atoms with Gasteiger partial charge in [-0.1, -0.05) is 5.16 Å². The van der Waals surface area contributed by atoms with Gasteiger partial charge in [0.1, 0.15) is 17.8 Å². The summed E-state index contributed by atoms with van der Waals surface area (Å²) in [6.45, 7) is 4.86. The van der Waals surface area contributed by atoms with E-state index < -0.39 is 0 Å². The minimum atomic E-state index is -0.324. The molecule has 4 aromatic rings. The Kier molecular flexibility index (Phi) is 5.74. The first-order valence-corrected chi connectivity index (χ1v) is 12.4. The fraction of sp³-hybridized carbons (Fsp3) is 0.346. The number of hydrogen-bond acceptors (Lipinski definition) is 7. The Morgan fingerprint density at radius 2 is 2.03 bits per heavy atom. The van der Waals surface area contributed by atoms with Gasteiger partial charge < -0.3 is 19.5 Å². The zero-order valence-electron chi connectivity index (χ0n) is 20.6. The summed E-state index contributed by atoms with van der Waals surface area (Å²) < 4.78 is 13.0. The summed E-state index contributed by atoms with van der Waals surface area (Å²) in [5, 5.41) is 10.4. The van der Waals surface area contributed by atoms with Crippen LogP contribution >= 0.6 is 0 Å². The van der Waals surface area contributed by atoms with Gasteiger partial charge in [0.05, 0.1) is 17.8 Å². The van der Waals surface area contributed by atoms with Gasteiger partial charge in [0, 0.05) is 41.7 Å². The molecule has 2 aliphatic rings. The highest BCUT2D eigenvalue weighted by Crippen LogP contribution is 2.40. The van der Waals surface area contributed by atoms with Crippen molar-refractivity contribution in [3.05, 3.63) is 59.9 Å². The molecule has 11 heteroatoms. The number of carbonyl (C=O) groups excluding carboxylic acids is 2. The van der Waals surface area contributed by atoms with E-state index in [1.54, 1.807) is 23.2 Å². The number of carbonyl (C=O) groups is 2. The van der Waals surface area contributed by atoms with Crippen LogP contribution in [0.2, 0.25) is 0 Å². The van der Waals surface area contributed by atoms with E-state index in [4.69, 9.17) is 9.26 Å². The number of benzene rings is 1. The van der Waals surface area contributed by atoms with Crippen molar-refractivity contribution in [3.63, 3.8) is 0 Å². The number of amides is 3. The van der Waals surface area contributed by atoms with Gasteiger partial charge in [0.15, 0.2) is 5.82 Å². The molecule has 1 saturated carbocycles. The molecule has 2 N–H and O–H groups in total. The number of rotatable bonds is 5. The quantitative estimate of drug-likeness (QED) is 0.408. The lowest BCUT2D eigenvalue weighted by molar-refractivity contribution is 0.167. The zero-order chi connectivity index (χ0) is 25.5. The summed E-state index contributed by atoms with van der Waals surface area (Å²) in [7, 11) is 0. The fourth-order valence-corrected chi connectivity index (χ4v) is 4.66. The number of nitrogens with one attached hydrogen (secondary N) is 2. The maximum Gasteiger partial charge on any atom is 0.331 e. The topological polar surface area (TPSA) is 127 Å². The molecule has 1 fully saturated rings. The number of hydrogen-bond donors (Lipinski definition) is 2. The lowest BCUT2D eigenvalue weighted by atomic mass is 10.00. The van der Waals surface area contributed by atoms with E-state index in [0.717, 1.165) is 40.8 Å². The van der Waals surface area contributed by atoms with Crippen LogP contribution in [0.3, 0.4) is 0 Å². The van der Waals surface area contributed by atoms with Crippen LogP contribution in [-0.4, -0.2) is 49.2 Å². The summed E-state index contributed by atoms with van der Waals surface area (Å²) in [6, 6.07) is 8.68. The van der Waals surface area contributed by atoms with Crippen LogP contribution in [0.4, 0.5) is 15.4 Å². The highest BCUT2D eigenvalue weighted by molar-refractivity contribution is 5.98. The Morgan fingerprint density at radius 3 is 2.84 bits per heavy atom. The molecule has 3 amide bonds. The number of fused-ring (bicyclic) bond motifs is 2. The molecule has 0 unspecified atom stereocenters. The molecule has 1 aromatic carbocycles. The maximum absolute atomic E-state index is 12.9. The van der Waals surface area contributed by atoms with Crippen LogP contribution in [-0.2, 0) is 13.0 Å². The molecule has 37 heavy (non-hydrogen) atoms. The average molecular weight is 502 g/mol. The summed E-state index contributed by atoms with van der Waals surface area (Å²) in [5.41, 5.74) is 2.40. The maximum atomic E-state index is 12.9. The second kappa shape index (κ2) is 9.23. The van der Waals surface area contributed by atoms with Gasteiger partial charge in [0.25, 0.3) is 0 Å². The van der Waals surface area contributed by atoms with Crippen LogP contribution < -0.4 is 15.4 Å². The van der Waals surface area contributed by atoms with Gasteiger partial charge in [-0.3, -0.25) is 9.88 Å². The minimum Gasteiger partial charge on any atom is -0.439 e. The molecule has 4 heterocycles. The van der Waals surface area contributed by atoms with Crippen molar-refractivity contribution in [3.8, 4) is 11.6 Å². The first kappa shape index (κ1) is 23.0. The van der Waals surface area contributed by atoms with E-state index in [1.165, 1.54) is 10.9 Å². The third-order valence-corrected chi connectivity index (χ3v) is 6.77. The number of ether oxygens (including phenoxy) is 1. The molecular formula is C26H27N7O4. The summed E-state index contributed by atoms with van der Waals surface area (Å²) in [6.07, 6.45) is 5.95. The van der Waals surface area contributed by atoms with Gasteiger partial charge >= 0.3 is 12.1 Å². The number of anilines is 1. The molecule has 1 atom stereocenters. The van der Waals surface area contributed by atoms with E-state index in [1.807, 2.05) is 32.0 Å². The van der Waals surface area contributed by atoms with Crippen LogP contribution in [0, 0.1) is 0 Å². The number of nitrogens with zero attached hydrogens (tertiary/aromatic N) is 5. The Morgan fingerprint density at radius 1 is 1.16 bits per heavy atom. The minimum absolute atomic E-state index is 0.0208. The van der Waals surface area contributed by atoms with E-state index in [-0.39, 0.29) is 18.1 Å². The zero-order valence-corrected chi connectivity index (χ0v) is 20.6. The van der Waals surface area contributed by atoms with Crippen molar-refractivity contribution >= 4 is 28.8 Å². The predicted molar refractivity (Wildman–Crippen MR) is 135 cm³/mol. The third kappa shape index (κ3) is 4.48. The van der Waals surface area contributed by atoms with Gasteiger partial charge in [-0.25, -0.2) is 19.6 Å². The Labute approximate surface area is 212 Å². The van der Waals surface area contributed by atoms with E-state index in [9.17, 15) is 9.59 Å². The molecule has 3 aromatic heterocycles. The normalized spacial score (nSPS) is 16.9. The molecule has 1 aliphatic carbocycles. The number of urea groups is 1. The first-order valence-electron chi connectivity index (χ1n) is 12.4. The van der Waals surface area contributed by atoms with Gasteiger partial charge in [-0.15, -0.1) is 0 Å². The van der Waals surface area contributed by atoms with Crippen molar-refractivity contribution in [1.82, 2.24) is 29.9 Å². The molecule has 0 radical (unpaired) electrons. The van der Waals surface area contributed by atoms with Gasteiger partial charge in [-0.05, 0) is 57.4 Å². The predicted octanol–water partition coefficient (Wildman–Crippen LogP) is 4.65. The Bertz CT molecular complexity index is 1490. The summed E-state index contributed by atoms with van der Waals surface area (Å²) in [4.78, 5) is 35.8. The summed E-state index contributed by atoms with van der Waals surface area (Å²) >= 11 is 0. The van der Waals surface area contributed by atoms with Gasteiger partial charge in [-0.2, -0.15) is 0 Å². The molecular weight excluding hydrogens is 474 g/mol. The fourth-order valence-electron chi connectivity index (χ4n) is 4.66. The largest absolute Gasteiger partial charge is 0.439 e. The molecule has 0 bridgehead atoms. The van der Waals surface area contributed by atoms with Crippen molar-refractivity contribution < 1.29 is 18.8 Å². The molecule has 6 rings (SSSR count). The second-order valence-electron chi connectivity index (χ2n) is 9.45. The van der Waals surface area contributed by atoms with Crippen LogP contribution in [0.15, 0.2) is 47.4 Å². The number of aromatic nitrogens is 4. The lowest BCUT2D eigenvalue weighted by Crippen LogP contribution is -2.48. The van der Waals surface area contributed by atoms with Crippen LogP contribution in [0.1, 0.15) is 49.6 Å². The highest BCUT2D eigenvalue weighted by Gasteiger charge is 2.30. The SMILES string of the molecule is CCNC(=O)N1Cc2ncnc(Oc3ccc4c(ccn4C(=O)Nc4cc(C5CC5)on4)c3)c2C[C@@H]1C. The van der Waals surface area contributed by atoms with Gasteiger partial charge in [0.2, 0.25) is 5.88 Å². The monoisotopic (exact) mass is 501 g/mol. The second-order valence-corrected chi connectivity index (χ2v) is 9.45. The van der Waals surface area contributed by atoms with Crippen molar-refractivity contribution in [1.29, 1.82) is 0 Å². The molecule has 1 aliphatic heterocycles.